The highest BCUT2D eigenvalue weighted by molar-refractivity contribution is 7.87. The van der Waals surface area contributed by atoms with Gasteiger partial charge in [0.2, 0.25) is 5.91 Å². The van der Waals surface area contributed by atoms with Gasteiger partial charge < -0.3 is 10.4 Å². The smallest absolute Gasteiger partial charge is 0.304 e. The molecular weight excluding hydrogens is 274 g/mol. The first kappa shape index (κ1) is 17.8. The van der Waals surface area contributed by atoms with Crippen molar-refractivity contribution >= 4 is 22.1 Å². The van der Waals surface area contributed by atoms with E-state index >= 15 is 0 Å². The Hall–Kier alpha value is -1.19. The molecule has 0 heterocycles. The normalized spacial score (nSPS) is 13.6. The van der Waals surface area contributed by atoms with Crippen molar-refractivity contribution in [3.05, 3.63) is 0 Å². The second-order valence-corrected chi connectivity index (χ2v) is 6.28. The number of carboxylic acid groups (broad SMARTS) is 1. The van der Waals surface area contributed by atoms with Crippen LogP contribution in [-0.2, 0) is 19.8 Å². The van der Waals surface area contributed by atoms with Gasteiger partial charge in [-0.1, -0.05) is 0 Å². The first-order valence-electron chi connectivity index (χ1n) is 5.82. The van der Waals surface area contributed by atoms with Gasteiger partial charge in [-0.25, -0.2) is 0 Å². The molecule has 0 saturated heterocycles. The second kappa shape index (κ2) is 7.41. The number of carbonyl (C=O) groups is 2. The van der Waals surface area contributed by atoms with Crippen LogP contribution < -0.4 is 10.0 Å². The predicted octanol–water partition coefficient (Wildman–Crippen LogP) is -0.860. The molecule has 0 bridgehead atoms. The number of carbonyl (C=O) groups excluding carboxylic acids is 1. The lowest BCUT2D eigenvalue weighted by molar-refractivity contribution is -0.137. The molecule has 1 atom stereocenters. The van der Waals surface area contributed by atoms with Crippen LogP contribution in [0, 0.1) is 0 Å². The highest BCUT2D eigenvalue weighted by atomic mass is 32.2. The maximum absolute atomic E-state index is 11.8. The number of aliphatic carboxylic acids is 1. The van der Waals surface area contributed by atoms with E-state index < -0.39 is 28.1 Å². The van der Waals surface area contributed by atoms with E-state index in [0.29, 0.717) is 0 Å². The number of hydrogen-bond acceptors (Lipinski definition) is 4. The van der Waals surface area contributed by atoms with Crippen molar-refractivity contribution in [2.24, 2.45) is 0 Å². The van der Waals surface area contributed by atoms with Crippen LogP contribution in [0.15, 0.2) is 0 Å². The molecule has 0 rings (SSSR count). The topological polar surface area (TPSA) is 116 Å². The molecule has 0 radical (unpaired) electrons. The molecule has 0 aromatic heterocycles. The predicted molar refractivity (Wildman–Crippen MR) is 69.7 cm³/mol. The van der Waals surface area contributed by atoms with Gasteiger partial charge in [0.05, 0.1) is 12.5 Å². The molecule has 0 aliphatic carbocycles. The highest BCUT2D eigenvalue weighted by Gasteiger charge is 2.24. The number of nitrogens with one attached hydrogen (secondary N) is 2. The molecule has 112 valence electrons. The van der Waals surface area contributed by atoms with E-state index in [1.54, 1.807) is 13.8 Å². The van der Waals surface area contributed by atoms with Crippen molar-refractivity contribution in [3.8, 4) is 0 Å². The third-order valence-electron chi connectivity index (χ3n) is 2.20. The lowest BCUT2D eigenvalue weighted by atomic mass is 10.3. The monoisotopic (exact) mass is 295 g/mol. The van der Waals surface area contributed by atoms with E-state index in [0.717, 1.165) is 4.31 Å². The fourth-order valence-corrected chi connectivity index (χ4v) is 2.22. The quantitative estimate of drug-likeness (QED) is 0.539. The summed E-state index contributed by atoms with van der Waals surface area (Å²) in [6.45, 7) is 4.78. The van der Waals surface area contributed by atoms with Crippen LogP contribution in [0.2, 0.25) is 0 Å². The van der Waals surface area contributed by atoms with E-state index in [1.165, 1.54) is 14.0 Å². The molecule has 8 nitrogen and oxygen atoms in total. The fourth-order valence-electron chi connectivity index (χ4n) is 1.15. The minimum absolute atomic E-state index is 0.0933. The zero-order valence-electron chi connectivity index (χ0n) is 11.5. The average Bonchev–Trinajstić information content (AvgIpc) is 2.23. The Morgan fingerprint density at radius 1 is 1.26 bits per heavy atom. The Kier molecular flexibility index (Phi) is 6.95. The summed E-state index contributed by atoms with van der Waals surface area (Å²) in [5.41, 5.74) is 0. The molecule has 0 aromatic rings. The summed E-state index contributed by atoms with van der Waals surface area (Å²) < 4.78 is 26.6. The van der Waals surface area contributed by atoms with Gasteiger partial charge in [0, 0.05) is 19.6 Å². The van der Waals surface area contributed by atoms with Gasteiger partial charge in [-0.3, -0.25) is 9.59 Å². The molecule has 19 heavy (non-hydrogen) atoms. The molecule has 0 spiro atoms. The van der Waals surface area contributed by atoms with Crippen LogP contribution in [0.3, 0.4) is 0 Å². The first-order chi connectivity index (χ1) is 8.56. The van der Waals surface area contributed by atoms with Crippen LogP contribution in [0.4, 0.5) is 0 Å². The molecule has 0 saturated carbocycles. The lowest BCUT2D eigenvalue weighted by Crippen LogP contribution is -2.50. The third kappa shape index (κ3) is 7.09. The van der Waals surface area contributed by atoms with E-state index in [1.807, 2.05) is 0 Å². The molecule has 0 aliphatic rings. The highest BCUT2D eigenvalue weighted by Crippen LogP contribution is 1.98. The Balaban J connectivity index is 4.50. The number of rotatable bonds is 8. The van der Waals surface area contributed by atoms with Gasteiger partial charge in [-0.2, -0.15) is 17.4 Å². The van der Waals surface area contributed by atoms with Gasteiger partial charge in [0.1, 0.15) is 0 Å². The number of hydrogen-bond donors (Lipinski definition) is 3. The number of amides is 1. The van der Waals surface area contributed by atoms with Gasteiger partial charge >= 0.3 is 5.97 Å². The summed E-state index contributed by atoms with van der Waals surface area (Å²) in [5, 5.41) is 11.1. The maximum Gasteiger partial charge on any atom is 0.304 e. The zero-order chi connectivity index (χ0) is 15.2. The molecule has 0 aromatic carbocycles. The molecule has 0 fully saturated rings. The van der Waals surface area contributed by atoms with Crippen molar-refractivity contribution in [1.29, 1.82) is 0 Å². The standard InChI is InChI=1S/C10H21N3O5S/c1-7(2)11-10(16)8(3)12-19(17,18)13(4)6-5-9(14)15/h7-8,12H,5-6H2,1-4H3,(H,11,16)(H,14,15). The number of carboxylic acids is 1. The Bertz CT molecular complexity index is 421. The summed E-state index contributed by atoms with van der Waals surface area (Å²) in [6.07, 6.45) is -0.302. The summed E-state index contributed by atoms with van der Waals surface area (Å²) in [7, 11) is -2.63. The minimum Gasteiger partial charge on any atom is -0.481 e. The van der Waals surface area contributed by atoms with Crippen molar-refractivity contribution in [2.75, 3.05) is 13.6 Å². The maximum atomic E-state index is 11.8. The van der Waals surface area contributed by atoms with E-state index in [2.05, 4.69) is 10.0 Å². The second-order valence-electron chi connectivity index (χ2n) is 4.47. The minimum atomic E-state index is -3.88. The van der Waals surface area contributed by atoms with Crippen molar-refractivity contribution in [2.45, 2.75) is 39.3 Å². The summed E-state index contributed by atoms with van der Waals surface area (Å²) in [6, 6.07) is -1.02. The van der Waals surface area contributed by atoms with Crippen LogP contribution in [0.1, 0.15) is 27.2 Å². The van der Waals surface area contributed by atoms with Crippen LogP contribution >= 0.6 is 0 Å². The van der Waals surface area contributed by atoms with Crippen molar-refractivity contribution in [1.82, 2.24) is 14.3 Å². The van der Waals surface area contributed by atoms with Gasteiger partial charge in [-0.05, 0) is 20.8 Å². The van der Waals surface area contributed by atoms with Crippen molar-refractivity contribution in [3.63, 3.8) is 0 Å². The zero-order valence-corrected chi connectivity index (χ0v) is 12.3. The molecule has 1 amide bonds. The Labute approximate surface area is 113 Å². The molecule has 1 unspecified atom stereocenters. The third-order valence-corrected chi connectivity index (χ3v) is 3.86. The van der Waals surface area contributed by atoms with Gasteiger partial charge in [-0.15, -0.1) is 0 Å². The van der Waals surface area contributed by atoms with E-state index in [-0.39, 0.29) is 19.0 Å². The average molecular weight is 295 g/mol. The van der Waals surface area contributed by atoms with E-state index in [4.69, 9.17) is 5.11 Å². The molecular formula is C10H21N3O5S. The summed E-state index contributed by atoms with van der Waals surface area (Å²) in [5.74, 6) is -1.53. The van der Waals surface area contributed by atoms with Crippen molar-refractivity contribution < 1.29 is 23.1 Å². The van der Waals surface area contributed by atoms with Gasteiger partial charge in [0.25, 0.3) is 10.2 Å². The van der Waals surface area contributed by atoms with E-state index in [9.17, 15) is 18.0 Å². The SMILES string of the molecule is CC(C)NC(=O)C(C)NS(=O)(=O)N(C)CCC(=O)O. The van der Waals surface area contributed by atoms with Crippen LogP contribution in [0.25, 0.3) is 0 Å². The molecule has 9 heteroatoms. The lowest BCUT2D eigenvalue weighted by Gasteiger charge is -2.21. The first-order valence-corrected chi connectivity index (χ1v) is 7.26. The summed E-state index contributed by atoms with van der Waals surface area (Å²) in [4.78, 5) is 21.9. The van der Waals surface area contributed by atoms with Gasteiger partial charge in [0.15, 0.2) is 0 Å². The van der Waals surface area contributed by atoms with Crippen LogP contribution in [-0.4, -0.2) is 55.4 Å². The molecule has 3 N–H and O–H groups in total. The Morgan fingerprint density at radius 3 is 2.21 bits per heavy atom. The number of nitrogens with zero attached hydrogens (tertiary/aromatic N) is 1. The fraction of sp³-hybridized carbons (Fsp3) is 0.800. The largest absolute Gasteiger partial charge is 0.481 e. The Morgan fingerprint density at radius 2 is 1.79 bits per heavy atom. The molecule has 0 aliphatic heterocycles. The van der Waals surface area contributed by atoms with Crippen LogP contribution in [0.5, 0.6) is 0 Å². The summed E-state index contributed by atoms with van der Waals surface area (Å²) >= 11 is 0.